The number of hydrogen-bond donors (Lipinski definition) is 4. The number of amides is 1. The second-order valence-corrected chi connectivity index (χ2v) is 6.77. The summed E-state index contributed by atoms with van der Waals surface area (Å²) in [5.74, 6) is 0.463. The molecular weight excluding hydrogens is 356 g/mol. The van der Waals surface area contributed by atoms with E-state index in [0.717, 1.165) is 23.0 Å². The minimum atomic E-state index is -0.549. The van der Waals surface area contributed by atoms with Gasteiger partial charge in [-0.2, -0.15) is 0 Å². The Morgan fingerprint density at radius 1 is 1.21 bits per heavy atom. The monoisotopic (exact) mass is 378 g/mol. The standard InChI is InChI=1S/C20H22N6O2/c21-15-11-28-9-7-17(15)25-18-6-4-14(19(22)27)20(26-18)24-13-3-5-16-12(10-13)2-1-8-23-16/h1-6,8,10,15,17H,7,9,11,21H2,(H2,22,27)(H2,24,25,26)/t15-,17+/m0/s1. The normalized spacial score (nSPS) is 19.3. The molecule has 0 saturated carbocycles. The first-order valence-corrected chi connectivity index (χ1v) is 9.13. The zero-order chi connectivity index (χ0) is 19.5. The van der Waals surface area contributed by atoms with E-state index in [1.807, 2.05) is 30.3 Å². The Balaban J connectivity index is 1.62. The number of benzene rings is 1. The predicted octanol–water partition coefficient (Wildman–Crippen LogP) is 2.00. The molecule has 0 bridgehead atoms. The van der Waals surface area contributed by atoms with Gasteiger partial charge in [0.05, 0.1) is 17.7 Å². The van der Waals surface area contributed by atoms with Gasteiger partial charge >= 0.3 is 0 Å². The van der Waals surface area contributed by atoms with Gasteiger partial charge in [0.15, 0.2) is 0 Å². The maximum Gasteiger partial charge on any atom is 0.252 e. The molecule has 0 aliphatic carbocycles. The van der Waals surface area contributed by atoms with E-state index in [1.165, 1.54) is 0 Å². The number of nitrogens with two attached hydrogens (primary N) is 2. The van der Waals surface area contributed by atoms with E-state index in [0.29, 0.717) is 30.4 Å². The van der Waals surface area contributed by atoms with E-state index in [-0.39, 0.29) is 12.1 Å². The van der Waals surface area contributed by atoms with Crippen molar-refractivity contribution in [2.45, 2.75) is 18.5 Å². The van der Waals surface area contributed by atoms with Crippen molar-refractivity contribution >= 4 is 34.1 Å². The molecule has 1 aromatic carbocycles. The van der Waals surface area contributed by atoms with Crippen LogP contribution in [0, 0.1) is 0 Å². The third-order valence-electron chi connectivity index (χ3n) is 4.76. The van der Waals surface area contributed by atoms with E-state index in [2.05, 4.69) is 20.6 Å². The summed E-state index contributed by atoms with van der Waals surface area (Å²) in [5.41, 5.74) is 13.6. The second kappa shape index (κ2) is 7.79. The van der Waals surface area contributed by atoms with Crippen molar-refractivity contribution < 1.29 is 9.53 Å². The lowest BCUT2D eigenvalue weighted by molar-refractivity contribution is 0.0752. The molecule has 28 heavy (non-hydrogen) atoms. The zero-order valence-electron chi connectivity index (χ0n) is 15.3. The fraction of sp³-hybridized carbons (Fsp3) is 0.250. The summed E-state index contributed by atoms with van der Waals surface area (Å²) in [6.45, 7) is 1.16. The summed E-state index contributed by atoms with van der Waals surface area (Å²) < 4.78 is 5.37. The SMILES string of the molecule is NC(=O)c1ccc(N[C@@H]2CCOC[C@@H]2N)nc1Nc1ccc2ncccc2c1. The van der Waals surface area contributed by atoms with Crippen LogP contribution in [0.1, 0.15) is 16.8 Å². The van der Waals surface area contributed by atoms with Crippen molar-refractivity contribution in [2.24, 2.45) is 11.5 Å². The summed E-state index contributed by atoms with van der Waals surface area (Å²) in [6, 6.07) is 12.9. The molecule has 1 saturated heterocycles. The molecule has 0 spiro atoms. The third-order valence-corrected chi connectivity index (χ3v) is 4.76. The van der Waals surface area contributed by atoms with Crippen molar-refractivity contribution in [2.75, 3.05) is 23.8 Å². The Kier molecular flexibility index (Phi) is 5.05. The molecular formula is C20H22N6O2. The highest BCUT2D eigenvalue weighted by Gasteiger charge is 2.23. The van der Waals surface area contributed by atoms with Gasteiger partial charge in [0.25, 0.3) is 5.91 Å². The summed E-state index contributed by atoms with van der Waals surface area (Å²) in [4.78, 5) is 20.7. The van der Waals surface area contributed by atoms with E-state index in [9.17, 15) is 4.79 Å². The maximum absolute atomic E-state index is 11.9. The number of carbonyl (C=O) groups is 1. The van der Waals surface area contributed by atoms with E-state index < -0.39 is 5.91 Å². The summed E-state index contributed by atoms with van der Waals surface area (Å²) >= 11 is 0. The predicted molar refractivity (Wildman–Crippen MR) is 109 cm³/mol. The van der Waals surface area contributed by atoms with Gasteiger partial charge < -0.3 is 26.8 Å². The Hall–Kier alpha value is -3.23. The fourth-order valence-corrected chi connectivity index (χ4v) is 3.25. The first kappa shape index (κ1) is 18.1. The molecule has 1 aliphatic heterocycles. The van der Waals surface area contributed by atoms with Crippen LogP contribution in [0.2, 0.25) is 0 Å². The molecule has 1 fully saturated rings. The number of pyridine rings is 2. The lowest BCUT2D eigenvalue weighted by Gasteiger charge is -2.30. The fourth-order valence-electron chi connectivity index (χ4n) is 3.25. The Labute approximate surface area is 162 Å². The zero-order valence-corrected chi connectivity index (χ0v) is 15.3. The molecule has 2 atom stereocenters. The number of rotatable bonds is 5. The van der Waals surface area contributed by atoms with Crippen molar-refractivity contribution in [1.82, 2.24) is 9.97 Å². The van der Waals surface area contributed by atoms with Crippen LogP contribution in [-0.4, -0.2) is 41.2 Å². The molecule has 4 rings (SSSR count). The number of aromatic nitrogens is 2. The van der Waals surface area contributed by atoms with Gasteiger partial charge in [-0.15, -0.1) is 0 Å². The van der Waals surface area contributed by atoms with Crippen LogP contribution < -0.4 is 22.1 Å². The number of carbonyl (C=O) groups excluding carboxylic acids is 1. The average Bonchev–Trinajstić information content (AvgIpc) is 2.70. The minimum absolute atomic E-state index is 0.0558. The molecule has 8 heteroatoms. The van der Waals surface area contributed by atoms with Crippen LogP contribution in [-0.2, 0) is 4.74 Å². The van der Waals surface area contributed by atoms with Crippen LogP contribution >= 0.6 is 0 Å². The molecule has 1 amide bonds. The Bertz CT molecular complexity index is 1010. The number of nitrogens with one attached hydrogen (secondary N) is 2. The number of primary amides is 1. The molecule has 2 aromatic heterocycles. The first-order valence-electron chi connectivity index (χ1n) is 9.13. The van der Waals surface area contributed by atoms with Gasteiger partial charge in [-0.3, -0.25) is 9.78 Å². The van der Waals surface area contributed by atoms with Crippen LogP contribution in [0.3, 0.4) is 0 Å². The maximum atomic E-state index is 11.9. The molecule has 3 heterocycles. The third kappa shape index (κ3) is 3.88. The minimum Gasteiger partial charge on any atom is -0.380 e. The number of anilines is 3. The molecule has 8 nitrogen and oxygen atoms in total. The van der Waals surface area contributed by atoms with Gasteiger partial charge in [0.1, 0.15) is 11.6 Å². The van der Waals surface area contributed by atoms with Crippen molar-refractivity contribution in [1.29, 1.82) is 0 Å². The number of nitrogens with zero attached hydrogens (tertiary/aromatic N) is 2. The largest absolute Gasteiger partial charge is 0.380 e. The summed E-state index contributed by atoms with van der Waals surface area (Å²) in [5, 5.41) is 7.52. The van der Waals surface area contributed by atoms with Gasteiger partial charge in [0, 0.05) is 36.0 Å². The van der Waals surface area contributed by atoms with Crippen LogP contribution in [0.15, 0.2) is 48.7 Å². The Morgan fingerprint density at radius 2 is 2.11 bits per heavy atom. The van der Waals surface area contributed by atoms with E-state index in [1.54, 1.807) is 18.3 Å². The highest BCUT2D eigenvalue weighted by molar-refractivity contribution is 5.98. The topological polar surface area (TPSA) is 128 Å². The summed E-state index contributed by atoms with van der Waals surface area (Å²) in [6.07, 6.45) is 2.54. The van der Waals surface area contributed by atoms with Gasteiger partial charge in [-0.05, 0) is 42.8 Å². The average molecular weight is 378 g/mol. The number of ether oxygens (including phenoxy) is 1. The van der Waals surface area contributed by atoms with E-state index >= 15 is 0 Å². The lowest BCUT2D eigenvalue weighted by Crippen LogP contribution is -2.47. The smallest absolute Gasteiger partial charge is 0.252 e. The van der Waals surface area contributed by atoms with Gasteiger partial charge in [0.2, 0.25) is 0 Å². The highest BCUT2D eigenvalue weighted by Crippen LogP contribution is 2.24. The van der Waals surface area contributed by atoms with Crippen molar-refractivity contribution in [3.05, 3.63) is 54.2 Å². The molecule has 1 aliphatic rings. The summed E-state index contributed by atoms with van der Waals surface area (Å²) in [7, 11) is 0. The number of fused-ring (bicyclic) bond motifs is 1. The van der Waals surface area contributed by atoms with Crippen LogP contribution in [0.4, 0.5) is 17.3 Å². The first-order chi connectivity index (χ1) is 13.6. The highest BCUT2D eigenvalue weighted by atomic mass is 16.5. The molecule has 0 radical (unpaired) electrons. The molecule has 144 valence electrons. The van der Waals surface area contributed by atoms with Gasteiger partial charge in [-0.25, -0.2) is 4.98 Å². The second-order valence-electron chi connectivity index (χ2n) is 6.77. The lowest BCUT2D eigenvalue weighted by atomic mass is 10.0. The van der Waals surface area contributed by atoms with E-state index in [4.69, 9.17) is 16.2 Å². The molecule has 3 aromatic rings. The van der Waals surface area contributed by atoms with Crippen molar-refractivity contribution in [3.63, 3.8) is 0 Å². The molecule has 0 unspecified atom stereocenters. The molecule has 6 N–H and O–H groups in total. The van der Waals surface area contributed by atoms with Crippen LogP contribution in [0.25, 0.3) is 10.9 Å². The quantitative estimate of drug-likeness (QED) is 0.534. The number of hydrogen-bond acceptors (Lipinski definition) is 7. The Morgan fingerprint density at radius 3 is 2.93 bits per heavy atom. The van der Waals surface area contributed by atoms with Gasteiger partial charge in [-0.1, -0.05) is 6.07 Å². The van der Waals surface area contributed by atoms with Crippen LogP contribution in [0.5, 0.6) is 0 Å². The van der Waals surface area contributed by atoms with Crippen molar-refractivity contribution in [3.8, 4) is 0 Å².